The Balaban J connectivity index is 1.80. The Kier molecular flexibility index (Phi) is 3.63. The quantitative estimate of drug-likeness (QED) is 0.910. The lowest BCUT2D eigenvalue weighted by Gasteiger charge is -2.22. The molecule has 1 heterocycles. The third-order valence-electron chi connectivity index (χ3n) is 3.86. The lowest BCUT2D eigenvalue weighted by Crippen LogP contribution is -2.36. The summed E-state index contributed by atoms with van der Waals surface area (Å²) in [6.07, 6.45) is 7.13. The van der Waals surface area contributed by atoms with Crippen molar-refractivity contribution >= 4 is 16.8 Å². The average Bonchev–Trinajstić information content (AvgIpc) is 2.48. The highest BCUT2D eigenvalue weighted by Gasteiger charge is 2.17. The lowest BCUT2D eigenvalue weighted by atomic mass is 9.95. The van der Waals surface area contributed by atoms with Gasteiger partial charge in [-0.15, -0.1) is 0 Å². The summed E-state index contributed by atoms with van der Waals surface area (Å²) in [5.41, 5.74) is 0.801. The molecule has 1 fully saturated rings. The van der Waals surface area contributed by atoms with Gasteiger partial charge in [0.25, 0.3) is 5.91 Å². The van der Waals surface area contributed by atoms with Gasteiger partial charge in [0.05, 0.1) is 5.56 Å². The molecule has 4 heteroatoms. The highest BCUT2D eigenvalue weighted by Crippen LogP contribution is 2.19. The molecular formula is C16H17FN2O. The van der Waals surface area contributed by atoms with E-state index in [-0.39, 0.29) is 17.8 Å². The van der Waals surface area contributed by atoms with Gasteiger partial charge in [-0.05, 0) is 25.0 Å². The summed E-state index contributed by atoms with van der Waals surface area (Å²) in [5.74, 6) is -0.475. The lowest BCUT2D eigenvalue weighted by molar-refractivity contribution is 0.0927. The number of nitrogens with zero attached hydrogens (tertiary/aromatic N) is 1. The maximum absolute atomic E-state index is 13.5. The molecule has 1 saturated carbocycles. The number of carbonyl (C=O) groups excluding carboxylic acids is 1. The fourth-order valence-corrected chi connectivity index (χ4v) is 2.76. The summed E-state index contributed by atoms with van der Waals surface area (Å²) < 4.78 is 13.5. The molecule has 1 aromatic heterocycles. The van der Waals surface area contributed by atoms with E-state index in [0.29, 0.717) is 16.5 Å². The summed E-state index contributed by atoms with van der Waals surface area (Å²) in [6, 6.07) is 6.73. The minimum atomic E-state index is -0.360. The zero-order chi connectivity index (χ0) is 13.9. The van der Waals surface area contributed by atoms with Crippen molar-refractivity contribution in [1.82, 2.24) is 10.3 Å². The molecule has 3 nitrogen and oxygen atoms in total. The Labute approximate surface area is 117 Å². The predicted octanol–water partition coefficient (Wildman–Crippen LogP) is 3.44. The Morgan fingerprint density at radius 2 is 2.05 bits per heavy atom. The molecule has 0 atom stereocenters. The van der Waals surface area contributed by atoms with Gasteiger partial charge in [-0.25, -0.2) is 4.39 Å². The number of hydrogen-bond donors (Lipinski definition) is 1. The van der Waals surface area contributed by atoms with Crippen molar-refractivity contribution in [1.29, 1.82) is 0 Å². The first-order chi connectivity index (χ1) is 9.74. The van der Waals surface area contributed by atoms with E-state index in [1.54, 1.807) is 18.2 Å². The van der Waals surface area contributed by atoms with Gasteiger partial charge in [0.2, 0.25) is 0 Å². The summed E-state index contributed by atoms with van der Waals surface area (Å²) >= 11 is 0. The van der Waals surface area contributed by atoms with Crippen molar-refractivity contribution < 1.29 is 9.18 Å². The number of aromatic nitrogens is 1. The molecule has 0 bridgehead atoms. The van der Waals surface area contributed by atoms with Crippen molar-refractivity contribution in [2.45, 2.75) is 38.1 Å². The zero-order valence-corrected chi connectivity index (χ0v) is 11.2. The van der Waals surface area contributed by atoms with Gasteiger partial charge in [-0.3, -0.25) is 9.78 Å². The Hall–Kier alpha value is -1.97. The number of halogens is 1. The van der Waals surface area contributed by atoms with Crippen LogP contribution < -0.4 is 5.32 Å². The van der Waals surface area contributed by atoms with E-state index >= 15 is 0 Å². The van der Waals surface area contributed by atoms with Gasteiger partial charge in [0.1, 0.15) is 11.3 Å². The summed E-state index contributed by atoms with van der Waals surface area (Å²) in [5, 5.41) is 3.70. The predicted molar refractivity (Wildman–Crippen MR) is 76.0 cm³/mol. The van der Waals surface area contributed by atoms with E-state index in [0.717, 1.165) is 12.8 Å². The molecular weight excluding hydrogens is 255 g/mol. The SMILES string of the molecule is O=C(NC1CCCCC1)c1cnc2c(F)cccc2c1. The average molecular weight is 272 g/mol. The first-order valence-electron chi connectivity index (χ1n) is 7.09. The molecule has 0 saturated heterocycles. The first kappa shape index (κ1) is 13.0. The number of fused-ring (bicyclic) bond motifs is 1. The third kappa shape index (κ3) is 2.64. The number of carbonyl (C=O) groups is 1. The molecule has 20 heavy (non-hydrogen) atoms. The van der Waals surface area contributed by atoms with Crippen molar-refractivity contribution in [3.63, 3.8) is 0 Å². The van der Waals surface area contributed by atoms with Crippen LogP contribution in [0.5, 0.6) is 0 Å². The van der Waals surface area contributed by atoms with Crippen molar-refractivity contribution in [3.05, 3.63) is 41.8 Å². The molecule has 1 aromatic carbocycles. The molecule has 1 N–H and O–H groups in total. The zero-order valence-electron chi connectivity index (χ0n) is 11.2. The Morgan fingerprint density at radius 1 is 1.25 bits per heavy atom. The van der Waals surface area contributed by atoms with E-state index < -0.39 is 0 Å². The topological polar surface area (TPSA) is 42.0 Å². The molecule has 0 aliphatic heterocycles. The fourth-order valence-electron chi connectivity index (χ4n) is 2.76. The molecule has 3 rings (SSSR count). The minimum Gasteiger partial charge on any atom is -0.349 e. The van der Waals surface area contributed by atoms with Crippen LogP contribution in [0.1, 0.15) is 42.5 Å². The molecule has 0 radical (unpaired) electrons. The van der Waals surface area contributed by atoms with Crippen molar-refractivity contribution in [3.8, 4) is 0 Å². The molecule has 0 spiro atoms. The molecule has 0 unspecified atom stereocenters. The van der Waals surface area contributed by atoms with Crippen LogP contribution in [0.15, 0.2) is 30.5 Å². The van der Waals surface area contributed by atoms with Gasteiger partial charge in [0.15, 0.2) is 0 Å². The molecule has 1 aliphatic carbocycles. The Morgan fingerprint density at radius 3 is 2.85 bits per heavy atom. The highest BCUT2D eigenvalue weighted by molar-refractivity contribution is 5.97. The maximum atomic E-state index is 13.5. The van der Waals surface area contributed by atoms with Crippen LogP contribution >= 0.6 is 0 Å². The molecule has 2 aromatic rings. The number of amides is 1. The van der Waals surface area contributed by atoms with E-state index in [2.05, 4.69) is 10.3 Å². The van der Waals surface area contributed by atoms with Crippen LogP contribution in [0.3, 0.4) is 0 Å². The number of pyridine rings is 1. The standard InChI is InChI=1S/C16H17FN2O/c17-14-8-4-5-11-9-12(10-18-15(11)14)16(20)19-13-6-2-1-3-7-13/h4-5,8-10,13H,1-3,6-7H2,(H,19,20). The largest absolute Gasteiger partial charge is 0.349 e. The maximum Gasteiger partial charge on any atom is 0.253 e. The van der Waals surface area contributed by atoms with Gasteiger partial charge in [-0.2, -0.15) is 0 Å². The second-order valence-electron chi connectivity index (χ2n) is 5.34. The van der Waals surface area contributed by atoms with Crippen LogP contribution in [-0.2, 0) is 0 Å². The smallest absolute Gasteiger partial charge is 0.253 e. The normalized spacial score (nSPS) is 16.2. The van der Waals surface area contributed by atoms with E-state index in [4.69, 9.17) is 0 Å². The van der Waals surface area contributed by atoms with Crippen LogP contribution in [0.2, 0.25) is 0 Å². The first-order valence-corrected chi connectivity index (χ1v) is 7.09. The molecule has 1 aliphatic rings. The minimum absolute atomic E-state index is 0.115. The van der Waals surface area contributed by atoms with Crippen molar-refractivity contribution in [2.24, 2.45) is 0 Å². The third-order valence-corrected chi connectivity index (χ3v) is 3.86. The van der Waals surface area contributed by atoms with Crippen LogP contribution in [0, 0.1) is 5.82 Å². The van der Waals surface area contributed by atoms with E-state index in [9.17, 15) is 9.18 Å². The number of hydrogen-bond acceptors (Lipinski definition) is 2. The fraction of sp³-hybridized carbons (Fsp3) is 0.375. The van der Waals surface area contributed by atoms with Gasteiger partial charge in [-0.1, -0.05) is 31.4 Å². The summed E-state index contributed by atoms with van der Waals surface area (Å²) in [7, 11) is 0. The van der Waals surface area contributed by atoms with Crippen LogP contribution in [0.4, 0.5) is 4.39 Å². The van der Waals surface area contributed by atoms with Crippen LogP contribution in [0.25, 0.3) is 10.9 Å². The van der Waals surface area contributed by atoms with E-state index in [1.165, 1.54) is 31.5 Å². The summed E-state index contributed by atoms with van der Waals surface area (Å²) in [4.78, 5) is 16.3. The Bertz CT molecular complexity index is 635. The van der Waals surface area contributed by atoms with Gasteiger partial charge >= 0.3 is 0 Å². The number of rotatable bonds is 2. The number of para-hydroxylation sites is 1. The number of nitrogens with one attached hydrogen (secondary N) is 1. The van der Waals surface area contributed by atoms with Gasteiger partial charge in [0, 0.05) is 17.6 Å². The van der Waals surface area contributed by atoms with Crippen molar-refractivity contribution in [2.75, 3.05) is 0 Å². The van der Waals surface area contributed by atoms with E-state index in [1.807, 2.05) is 0 Å². The highest BCUT2D eigenvalue weighted by atomic mass is 19.1. The van der Waals surface area contributed by atoms with Crippen LogP contribution in [-0.4, -0.2) is 16.9 Å². The second-order valence-corrected chi connectivity index (χ2v) is 5.34. The monoisotopic (exact) mass is 272 g/mol. The molecule has 104 valence electrons. The summed E-state index contributed by atoms with van der Waals surface area (Å²) in [6.45, 7) is 0. The molecule has 1 amide bonds. The van der Waals surface area contributed by atoms with Gasteiger partial charge < -0.3 is 5.32 Å². The second kappa shape index (κ2) is 5.57. The number of benzene rings is 1.